The van der Waals surface area contributed by atoms with Gasteiger partial charge in [0.05, 0.1) is 10.7 Å². The fourth-order valence-electron chi connectivity index (χ4n) is 1.29. The Morgan fingerprint density at radius 3 is 2.78 bits per heavy atom. The Hall–Kier alpha value is -0.660. The van der Waals surface area contributed by atoms with E-state index in [-0.39, 0.29) is 5.91 Å². The van der Waals surface area contributed by atoms with Gasteiger partial charge in [-0.05, 0) is 68.9 Å². The normalized spacial score (nSPS) is 10.2. The first-order chi connectivity index (χ1) is 8.56. The number of anilines is 1. The number of benzene rings is 1. The van der Waals surface area contributed by atoms with Crippen molar-refractivity contribution in [1.29, 1.82) is 0 Å². The number of hydrogen-bond donors (Lipinski definition) is 1. The quantitative estimate of drug-likeness (QED) is 0.710. The average molecular weight is 437 g/mol. The first kappa shape index (κ1) is 13.8. The van der Waals surface area contributed by atoms with E-state index in [1.807, 2.05) is 18.2 Å². The molecule has 0 fully saturated rings. The number of halogens is 3. The fraction of sp³-hybridized carbons (Fsp3) is 0. The maximum absolute atomic E-state index is 11.9. The van der Waals surface area contributed by atoms with Crippen molar-refractivity contribution in [2.75, 3.05) is 5.32 Å². The molecule has 92 valence electrons. The second-order valence-electron chi connectivity index (χ2n) is 3.44. The maximum atomic E-state index is 11.9. The number of carbonyl (C=O) groups excluding carboxylic acids is 1. The number of rotatable bonds is 2. The SMILES string of the molecule is O=C(Nc1cc(I)ccc1Br)c1ccc(Cl)cn1. The Balaban J connectivity index is 2.21. The minimum absolute atomic E-state index is 0.269. The number of carbonyl (C=O) groups is 1. The molecule has 0 aliphatic rings. The summed E-state index contributed by atoms with van der Waals surface area (Å²) in [6.07, 6.45) is 1.44. The molecular formula is C12H7BrClIN2O. The summed E-state index contributed by atoms with van der Waals surface area (Å²) < 4.78 is 1.86. The van der Waals surface area contributed by atoms with Gasteiger partial charge < -0.3 is 5.32 Å². The largest absolute Gasteiger partial charge is 0.320 e. The van der Waals surface area contributed by atoms with E-state index >= 15 is 0 Å². The molecule has 0 atom stereocenters. The molecule has 0 aliphatic heterocycles. The van der Waals surface area contributed by atoms with E-state index in [1.54, 1.807) is 12.1 Å². The van der Waals surface area contributed by atoms with E-state index in [4.69, 9.17) is 11.6 Å². The van der Waals surface area contributed by atoms with E-state index < -0.39 is 0 Å². The van der Waals surface area contributed by atoms with Gasteiger partial charge in [0.1, 0.15) is 5.69 Å². The van der Waals surface area contributed by atoms with Crippen LogP contribution in [0.3, 0.4) is 0 Å². The van der Waals surface area contributed by atoms with Gasteiger partial charge in [0.25, 0.3) is 5.91 Å². The number of aromatic nitrogens is 1. The molecule has 1 N–H and O–H groups in total. The number of nitrogens with zero attached hydrogens (tertiary/aromatic N) is 1. The van der Waals surface area contributed by atoms with Gasteiger partial charge in [-0.1, -0.05) is 11.6 Å². The number of nitrogens with one attached hydrogen (secondary N) is 1. The van der Waals surface area contributed by atoms with Gasteiger partial charge in [-0.15, -0.1) is 0 Å². The van der Waals surface area contributed by atoms with Crippen LogP contribution in [-0.2, 0) is 0 Å². The van der Waals surface area contributed by atoms with Gasteiger partial charge in [-0.3, -0.25) is 4.79 Å². The van der Waals surface area contributed by atoms with Crippen LogP contribution in [0.5, 0.6) is 0 Å². The van der Waals surface area contributed by atoms with Crippen molar-refractivity contribution in [3.63, 3.8) is 0 Å². The Kier molecular flexibility index (Phi) is 4.58. The number of pyridine rings is 1. The Labute approximate surface area is 131 Å². The summed E-state index contributed by atoms with van der Waals surface area (Å²) in [5, 5.41) is 3.29. The lowest BCUT2D eigenvalue weighted by Crippen LogP contribution is -2.13. The summed E-state index contributed by atoms with van der Waals surface area (Å²) >= 11 is 11.3. The molecule has 1 aromatic carbocycles. The zero-order chi connectivity index (χ0) is 13.1. The van der Waals surface area contributed by atoms with Crippen LogP contribution in [0.25, 0.3) is 0 Å². The van der Waals surface area contributed by atoms with Crippen molar-refractivity contribution in [3.8, 4) is 0 Å². The van der Waals surface area contributed by atoms with Crippen molar-refractivity contribution in [3.05, 3.63) is 55.3 Å². The van der Waals surface area contributed by atoms with Crippen molar-refractivity contribution < 1.29 is 4.79 Å². The van der Waals surface area contributed by atoms with Crippen LogP contribution < -0.4 is 5.32 Å². The van der Waals surface area contributed by atoms with E-state index in [1.165, 1.54) is 6.20 Å². The first-order valence-electron chi connectivity index (χ1n) is 4.94. The van der Waals surface area contributed by atoms with E-state index in [2.05, 4.69) is 48.8 Å². The highest BCUT2D eigenvalue weighted by molar-refractivity contribution is 14.1. The molecular weight excluding hydrogens is 430 g/mol. The highest BCUT2D eigenvalue weighted by Crippen LogP contribution is 2.24. The fourth-order valence-corrected chi connectivity index (χ4v) is 2.24. The molecule has 18 heavy (non-hydrogen) atoms. The molecule has 0 bridgehead atoms. The van der Waals surface area contributed by atoms with Crippen LogP contribution in [0.1, 0.15) is 10.5 Å². The van der Waals surface area contributed by atoms with Gasteiger partial charge in [0.15, 0.2) is 0 Å². The lowest BCUT2D eigenvalue weighted by Gasteiger charge is -2.07. The smallest absolute Gasteiger partial charge is 0.274 e. The summed E-state index contributed by atoms with van der Waals surface area (Å²) in [6, 6.07) is 8.92. The predicted molar refractivity (Wildman–Crippen MR) is 84.1 cm³/mol. The summed E-state index contributed by atoms with van der Waals surface area (Å²) in [5.74, 6) is -0.269. The van der Waals surface area contributed by atoms with Gasteiger partial charge >= 0.3 is 0 Å². The monoisotopic (exact) mass is 436 g/mol. The van der Waals surface area contributed by atoms with Crippen molar-refractivity contribution in [2.45, 2.75) is 0 Å². The van der Waals surface area contributed by atoms with E-state index in [9.17, 15) is 4.79 Å². The minimum Gasteiger partial charge on any atom is -0.320 e. The molecule has 2 rings (SSSR count). The summed E-state index contributed by atoms with van der Waals surface area (Å²) in [6.45, 7) is 0. The average Bonchev–Trinajstić information content (AvgIpc) is 2.34. The topological polar surface area (TPSA) is 42.0 Å². The molecule has 2 aromatic rings. The van der Waals surface area contributed by atoms with Crippen LogP contribution in [-0.4, -0.2) is 10.9 Å². The Morgan fingerprint density at radius 2 is 2.11 bits per heavy atom. The van der Waals surface area contributed by atoms with E-state index in [0.29, 0.717) is 16.4 Å². The molecule has 6 heteroatoms. The van der Waals surface area contributed by atoms with Gasteiger partial charge in [-0.25, -0.2) is 4.98 Å². The predicted octanol–water partition coefficient (Wildman–Crippen LogP) is 4.35. The molecule has 0 unspecified atom stereocenters. The van der Waals surface area contributed by atoms with Crippen molar-refractivity contribution in [1.82, 2.24) is 4.98 Å². The van der Waals surface area contributed by atoms with Crippen LogP contribution in [0.15, 0.2) is 41.0 Å². The third-order valence-corrected chi connectivity index (χ3v) is 3.72. The molecule has 0 radical (unpaired) electrons. The minimum atomic E-state index is -0.269. The lowest BCUT2D eigenvalue weighted by atomic mass is 10.3. The van der Waals surface area contributed by atoms with Crippen LogP contribution in [0.2, 0.25) is 5.02 Å². The van der Waals surface area contributed by atoms with Gasteiger partial charge in [-0.2, -0.15) is 0 Å². The lowest BCUT2D eigenvalue weighted by molar-refractivity contribution is 0.102. The third kappa shape index (κ3) is 3.43. The van der Waals surface area contributed by atoms with Gasteiger partial charge in [0, 0.05) is 14.2 Å². The summed E-state index contributed by atoms with van der Waals surface area (Å²) in [5.41, 5.74) is 1.04. The van der Waals surface area contributed by atoms with Crippen molar-refractivity contribution in [2.24, 2.45) is 0 Å². The molecule has 1 aromatic heterocycles. The van der Waals surface area contributed by atoms with E-state index in [0.717, 1.165) is 8.04 Å². The zero-order valence-electron chi connectivity index (χ0n) is 8.95. The molecule has 0 saturated carbocycles. The highest BCUT2D eigenvalue weighted by Gasteiger charge is 2.09. The summed E-state index contributed by atoms with van der Waals surface area (Å²) in [4.78, 5) is 15.9. The van der Waals surface area contributed by atoms with Gasteiger partial charge in [0.2, 0.25) is 0 Å². The number of hydrogen-bond acceptors (Lipinski definition) is 2. The molecule has 0 aliphatic carbocycles. The Bertz CT molecular complexity index is 589. The molecule has 0 spiro atoms. The molecule has 0 saturated heterocycles. The second-order valence-corrected chi connectivity index (χ2v) is 5.98. The maximum Gasteiger partial charge on any atom is 0.274 e. The first-order valence-corrected chi connectivity index (χ1v) is 7.19. The standard InChI is InChI=1S/C12H7BrClIN2O/c13-9-3-2-8(15)5-11(9)17-12(18)10-4-1-7(14)6-16-10/h1-6H,(H,17,18). The zero-order valence-corrected chi connectivity index (χ0v) is 13.5. The highest BCUT2D eigenvalue weighted by atomic mass is 127. The third-order valence-electron chi connectivity index (χ3n) is 2.14. The second kappa shape index (κ2) is 5.99. The molecule has 3 nitrogen and oxygen atoms in total. The van der Waals surface area contributed by atoms with Crippen LogP contribution >= 0.6 is 50.1 Å². The number of amides is 1. The molecule has 1 heterocycles. The van der Waals surface area contributed by atoms with Crippen LogP contribution in [0, 0.1) is 3.57 Å². The van der Waals surface area contributed by atoms with Crippen LogP contribution in [0.4, 0.5) is 5.69 Å². The summed E-state index contributed by atoms with van der Waals surface area (Å²) in [7, 11) is 0. The van der Waals surface area contributed by atoms with Crippen molar-refractivity contribution >= 4 is 61.7 Å². The Morgan fingerprint density at radius 1 is 1.33 bits per heavy atom. The molecule has 1 amide bonds.